The molecular weight excluding hydrogens is 288 g/mol. The standard InChI is InChI=1S/C17H32N6/c1-6-18-17(19-11-15-7-9-22(4)10-8-15)20-12-16-13(2)21-23(5)14(16)3/h15H,6-12H2,1-5H3,(H2,18,19,20). The number of hydrogen-bond donors (Lipinski definition) is 2. The summed E-state index contributed by atoms with van der Waals surface area (Å²) in [5.74, 6) is 1.66. The molecule has 6 nitrogen and oxygen atoms in total. The summed E-state index contributed by atoms with van der Waals surface area (Å²) in [6.45, 7) is 11.2. The molecule has 0 atom stereocenters. The molecule has 0 spiro atoms. The monoisotopic (exact) mass is 320 g/mol. The zero-order valence-electron chi connectivity index (χ0n) is 15.3. The Hall–Kier alpha value is -1.56. The lowest BCUT2D eigenvalue weighted by molar-refractivity contribution is 0.220. The molecule has 0 amide bonds. The lowest BCUT2D eigenvalue weighted by atomic mass is 9.97. The van der Waals surface area contributed by atoms with Gasteiger partial charge in [-0.2, -0.15) is 5.10 Å². The van der Waals surface area contributed by atoms with Crippen molar-refractivity contribution in [2.75, 3.05) is 33.2 Å². The SMILES string of the molecule is CCNC(=NCc1c(C)nn(C)c1C)NCC1CCN(C)CC1. The van der Waals surface area contributed by atoms with Crippen LogP contribution in [0.3, 0.4) is 0 Å². The molecule has 1 saturated heterocycles. The molecule has 2 rings (SSSR count). The van der Waals surface area contributed by atoms with Crippen LogP contribution in [0.2, 0.25) is 0 Å². The summed E-state index contributed by atoms with van der Waals surface area (Å²) >= 11 is 0. The number of nitrogens with zero attached hydrogens (tertiary/aromatic N) is 4. The third-order valence-corrected chi connectivity index (χ3v) is 4.79. The van der Waals surface area contributed by atoms with Crippen molar-refractivity contribution in [1.29, 1.82) is 0 Å². The van der Waals surface area contributed by atoms with Crippen LogP contribution in [0.1, 0.15) is 36.7 Å². The summed E-state index contributed by atoms with van der Waals surface area (Å²) in [5, 5.41) is 11.3. The predicted molar refractivity (Wildman–Crippen MR) is 95.7 cm³/mol. The van der Waals surface area contributed by atoms with Gasteiger partial charge in [-0.15, -0.1) is 0 Å². The van der Waals surface area contributed by atoms with E-state index < -0.39 is 0 Å². The van der Waals surface area contributed by atoms with Gasteiger partial charge in [-0.1, -0.05) is 0 Å². The number of rotatable bonds is 5. The fourth-order valence-corrected chi connectivity index (χ4v) is 3.05. The van der Waals surface area contributed by atoms with E-state index in [4.69, 9.17) is 4.99 Å². The number of aryl methyl sites for hydroxylation is 2. The summed E-state index contributed by atoms with van der Waals surface area (Å²) in [7, 11) is 4.19. The lowest BCUT2D eigenvalue weighted by Gasteiger charge is -2.29. The van der Waals surface area contributed by atoms with E-state index in [0.29, 0.717) is 6.54 Å². The predicted octanol–water partition coefficient (Wildman–Crippen LogP) is 1.43. The summed E-state index contributed by atoms with van der Waals surface area (Å²) in [4.78, 5) is 7.16. The molecular formula is C17H32N6. The van der Waals surface area contributed by atoms with Crippen LogP contribution in [0.5, 0.6) is 0 Å². The van der Waals surface area contributed by atoms with Gasteiger partial charge < -0.3 is 15.5 Å². The topological polar surface area (TPSA) is 57.5 Å². The second-order valence-electron chi connectivity index (χ2n) is 6.60. The van der Waals surface area contributed by atoms with Crippen molar-refractivity contribution in [3.8, 4) is 0 Å². The van der Waals surface area contributed by atoms with Crippen molar-refractivity contribution in [2.24, 2.45) is 18.0 Å². The molecule has 6 heteroatoms. The maximum Gasteiger partial charge on any atom is 0.191 e. The van der Waals surface area contributed by atoms with Crippen molar-refractivity contribution in [3.05, 3.63) is 17.0 Å². The summed E-state index contributed by atoms with van der Waals surface area (Å²) in [6.07, 6.45) is 2.54. The van der Waals surface area contributed by atoms with Crippen molar-refractivity contribution in [1.82, 2.24) is 25.3 Å². The molecule has 130 valence electrons. The van der Waals surface area contributed by atoms with Gasteiger partial charge in [0, 0.05) is 31.4 Å². The molecule has 0 saturated carbocycles. The van der Waals surface area contributed by atoms with E-state index in [-0.39, 0.29) is 0 Å². The van der Waals surface area contributed by atoms with Crippen LogP contribution in [0.25, 0.3) is 0 Å². The van der Waals surface area contributed by atoms with E-state index >= 15 is 0 Å². The maximum atomic E-state index is 4.75. The van der Waals surface area contributed by atoms with Crippen LogP contribution in [0.4, 0.5) is 0 Å². The van der Waals surface area contributed by atoms with Gasteiger partial charge in [0.1, 0.15) is 0 Å². The average Bonchev–Trinajstić information content (AvgIpc) is 2.77. The van der Waals surface area contributed by atoms with Crippen molar-refractivity contribution >= 4 is 5.96 Å². The Balaban J connectivity index is 1.92. The molecule has 1 fully saturated rings. The third-order valence-electron chi connectivity index (χ3n) is 4.79. The van der Waals surface area contributed by atoms with Crippen LogP contribution in [-0.2, 0) is 13.6 Å². The highest BCUT2D eigenvalue weighted by molar-refractivity contribution is 5.79. The number of likely N-dealkylation sites (tertiary alicyclic amines) is 1. The quantitative estimate of drug-likeness (QED) is 0.637. The summed E-state index contributed by atoms with van der Waals surface area (Å²) in [6, 6.07) is 0. The van der Waals surface area contributed by atoms with Gasteiger partial charge in [0.25, 0.3) is 0 Å². The fraction of sp³-hybridized carbons (Fsp3) is 0.765. The molecule has 0 aliphatic carbocycles. The van der Waals surface area contributed by atoms with Gasteiger partial charge in [0.05, 0.1) is 12.2 Å². The molecule has 1 aliphatic rings. The molecule has 0 aromatic carbocycles. The van der Waals surface area contributed by atoms with E-state index in [1.54, 1.807) is 0 Å². The number of guanidine groups is 1. The molecule has 1 aromatic rings. The highest BCUT2D eigenvalue weighted by Gasteiger charge is 2.16. The first kappa shape index (κ1) is 17.8. The fourth-order valence-electron chi connectivity index (χ4n) is 3.05. The Morgan fingerprint density at radius 1 is 1.22 bits per heavy atom. The Morgan fingerprint density at radius 2 is 1.91 bits per heavy atom. The van der Waals surface area contributed by atoms with Gasteiger partial charge in [0.2, 0.25) is 0 Å². The van der Waals surface area contributed by atoms with Crippen LogP contribution in [-0.4, -0.2) is 53.9 Å². The number of hydrogen-bond acceptors (Lipinski definition) is 3. The largest absolute Gasteiger partial charge is 0.357 e. The Kier molecular flexibility index (Phi) is 6.45. The Morgan fingerprint density at radius 3 is 2.48 bits per heavy atom. The van der Waals surface area contributed by atoms with Gasteiger partial charge in [0.15, 0.2) is 5.96 Å². The van der Waals surface area contributed by atoms with E-state index in [9.17, 15) is 0 Å². The molecule has 1 aromatic heterocycles. The maximum absolute atomic E-state index is 4.75. The first-order chi connectivity index (χ1) is 11.0. The normalized spacial score (nSPS) is 17.5. The number of nitrogens with one attached hydrogen (secondary N) is 2. The van der Waals surface area contributed by atoms with Crippen molar-refractivity contribution < 1.29 is 0 Å². The van der Waals surface area contributed by atoms with Crippen molar-refractivity contribution in [3.63, 3.8) is 0 Å². The first-order valence-corrected chi connectivity index (χ1v) is 8.71. The molecule has 2 N–H and O–H groups in total. The van der Waals surface area contributed by atoms with Crippen molar-refractivity contribution in [2.45, 2.75) is 40.2 Å². The lowest BCUT2D eigenvalue weighted by Crippen LogP contribution is -2.42. The molecule has 0 unspecified atom stereocenters. The molecule has 2 heterocycles. The minimum atomic E-state index is 0.675. The second-order valence-corrected chi connectivity index (χ2v) is 6.60. The van der Waals surface area contributed by atoms with Crippen LogP contribution in [0, 0.1) is 19.8 Å². The van der Waals surface area contributed by atoms with E-state index in [1.807, 2.05) is 11.7 Å². The summed E-state index contributed by atoms with van der Waals surface area (Å²) < 4.78 is 1.93. The zero-order valence-corrected chi connectivity index (χ0v) is 15.3. The summed E-state index contributed by atoms with van der Waals surface area (Å²) in [5.41, 5.74) is 3.49. The minimum Gasteiger partial charge on any atom is -0.357 e. The number of aromatic nitrogens is 2. The molecule has 0 radical (unpaired) electrons. The number of piperidine rings is 1. The first-order valence-electron chi connectivity index (χ1n) is 8.71. The van der Waals surface area contributed by atoms with Gasteiger partial charge in [-0.25, -0.2) is 4.99 Å². The molecule has 0 bridgehead atoms. The van der Waals surface area contributed by atoms with Crippen LogP contribution < -0.4 is 10.6 Å². The third kappa shape index (κ3) is 4.96. The second kappa shape index (κ2) is 8.34. The van der Waals surface area contributed by atoms with Crippen LogP contribution >= 0.6 is 0 Å². The molecule has 1 aliphatic heterocycles. The highest BCUT2D eigenvalue weighted by Crippen LogP contribution is 2.15. The average molecular weight is 320 g/mol. The number of aliphatic imine (C=N–C) groups is 1. The Bertz CT molecular complexity index is 525. The minimum absolute atomic E-state index is 0.675. The van der Waals surface area contributed by atoms with E-state index in [1.165, 1.54) is 37.2 Å². The van der Waals surface area contributed by atoms with E-state index in [2.05, 4.69) is 48.5 Å². The Labute approximate surface area is 140 Å². The van der Waals surface area contributed by atoms with Gasteiger partial charge in [-0.3, -0.25) is 4.68 Å². The van der Waals surface area contributed by atoms with Gasteiger partial charge >= 0.3 is 0 Å². The van der Waals surface area contributed by atoms with E-state index in [0.717, 1.165) is 30.7 Å². The smallest absolute Gasteiger partial charge is 0.191 e. The van der Waals surface area contributed by atoms with Crippen LogP contribution in [0.15, 0.2) is 4.99 Å². The van der Waals surface area contributed by atoms with Gasteiger partial charge in [-0.05, 0) is 59.7 Å². The highest BCUT2D eigenvalue weighted by atomic mass is 15.3. The molecule has 23 heavy (non-hydrogen) atoms. The zero-order chi connectivity index (χ0) is 16.8.